The highest BCUT2D eigenvalue weighted by molar-refractivity contribution is 5.97. The van der Waals surface area contributed by atoms with Crippen molar-refractivity contribution < 1.29 is 14.3 Å². The van der Waals surface area contributed by atoms with E-state index in [0.717, 1.165) is 11.1 Å². The lowest BCUT2D eigenvalue weighted by Gasteiger charge is -2.25. The van der Waals surface area contributed by atoms with E-state index in [9.17, 15) is 9.59 Å². The van der Waals surface area contributed by atoms with Crippen LogP contribution in [0.2, 0.25) is 0 Å². The molecule has 1 aliphatic heterocycles. The predicted octanol–water partition coefficient (Wildman–Crippen LogP) is 2.44. The molecule has 1 unspecified atom stereocenters. The molecule has 0 saturated carbocycles. The van der Waals surface area contributed by atoms with E-state index in [2.05, 4.69) is 10.6 Å². The molecule has 0 bridgehead atoms. The first kappa shape index (κ1) is 15.1. The summed E-state index contributed by atoms with van der Waals surface area (Å²) >= 11 is 0. The van der Waals surface area contributed by atoms with Gasteiger partial charge in [0.25, 0.3) is 5.91 Å². The molecule has 0 saturated heterocycles. The minimum absolute atomic E-state index is 0.0492. The molecular formula is C18H18N2O3. The van der Waals surface area contributed by atoms with E-state index in [1.807, 2.05) is 48.5 Å². The number of ether oxygens (including phenoxy) is 1. The van der Waals surface area contributed by atoms with Crippen LogP contribution in [0.1, 0.15) is 27.4 Å². The lowest BCUT2D eigenvalue weighted by atomic mass is 9.90. The third-order valence-electron chi connectivity index (χ3n) is 3.86. The van der Waals surface area contributed by atoms with Gasteiger partial charge in [-0.05, 0) is 17.2 Å². The van der Waals surface area contributed by atoms with Crippen LogP contribution < -0.4 is 10.6 Å². The summed E-state index contributed by atoms with van der Waals surface area (Å²) in [4.78, 5) is 23.6. The molecule has 2 N–H and O–H groups in total. The van der Waals surface area contributed by atoms with Gasteiger partial charge in [0.05, 0.1) is 0 Å². The Morgan fingerprint density at radius 1 is 1.13 bits per heavy atom. The van der Waals surface area contributed by atoms with Gasteiger partial charge in [-0.2, -0.15) is 0 Å². The molecule has 1 aliphatic rings. The molecule has 0 aromatic heterocycles. The molecule has 2 aromatic carbocycles. The summed E-state index contributed by atoms with van der Waals surface area (Å²) in [5.41, 5.74) is 2.57. The second-order valence-corrected chi connectivity index (χ2v) is 5.44. The van der Waals surface area contributed by atoms with E-state index < -0.39 is 6.09 Å². The van der Waals surface area contributed by atoms with Crippen LogP contribution in [-0.4, -0.2) is 25.1 Å². The molecule has 5 nitrogen and oxygen atoms in total. The minimum atomic E-state index is -0.455. The normalized spacial score (nSPS) is 16.2. The first-order valence-corrected chi connectivity index (χ1v) is 7.55. The number of benzene rings is 2. The molecule has 0 fully saturated rings. The van der Waals surface area contributed by atoms with Crippen molar-refractivity contribution in [2.75, 3.05) is 13.1 Å². The van der Waals surface area contributed by atoms with E-state index in [-0.39, 0.29) is 18.4 Å². The van der Waals surface area contributed by atoms with Gasteiger partial charge in [-0.3, -0.25) is 4.79 Å². The van der Waals surface area contributed by atoms with Crippen molar-refractivity contribution in [3.63, 3.8) is 0 Å². The third kappa shape index (κ3) is 3.69. The number of nitrogens with one attached hydrogen (secondary N) is 2. The number of amides is 2. The number of hydrogen-bond donors (Lipinski definition) is 2. The highest BCUT2D eigenvalue weighted by atomic mass is 16.5. The van der Waals surface area contributed by atoms with Crippen LogP contribution in [0.15, 0.2) is 54.6 Å². The van der Waals surface area contributed by atoms with Crippen molar-refractivity contribution in [1.29, 1.82) is 0 Å². The molecule has 0 aliphatic carbocycles. The third-order valence-corrected chi connectivity index (χ3v) is 3.86. The maximum atomic E-state index is 11.8. The molecule has 1 heterocycles. The van der Waals surface area contributed by atoms with E-state index in [1.54, 1.807) is 6.07 Å². The van der Waals surface area contributed by atoms with Gasteiger partial charge in [-0.15, -0.1) is 0 Å². The van der Waals surface area contributed by atoms with E-state index in [0.29, 0.717) is 18.7 Å². The van der Waals surface area contributed by atoms with E-state index >= 15 is 0 Å². The molecule has 1 atom stereocenters. The number of carbonyl (C=O) groups excluding carboxylic acids is 2. The number of fused-ring (bicyclic) bond motifs is 1. The average molecular weight is 310 g/mol. The Bertz CT molecular complexity index is 700. The van der Waals surface area contributed by atoms with Crippen LogP contribution in [0.25, 0.3) is 0 Å². The Labute approximate surface area is 134 Å². The summed E-state index contributed by atoms with van der Waals surface area (Å²) in [6, 6.07) is 17.0. The van der Waals surface area contributed by atoms with Gasteiger partial charge in [0, 0.05) is 24.6 Å². The van der Waals surface area contributed by atoms with Gasteiger partial charge in [-0.25, -0.2) is 4.79 Å². The number of carbonyl (C=O) groups is 2. The first-order chi connectivity index (χ1) is 11.2. The van der Waals surface area contributed by atoms with Crippen molar-refractivity contribution in [1.82, 2.24) is 10.6 Å². The fourth-order valence-corrected chi connectivity index (χ4v) is 2.64. The molecule has 0 spiro atoms. The molecule has 118 valence electrons. The maximum Gasteiger partial charge on any atom is 0.407 e. The van der Waals surface area contributed by atoms with Crippen LogP contribution in [0.5, 0.6) is 0 Å². The molecule has 5 heteroatoms. The summed E-state index contributed by atoms with van der Waals surface area (Å²) in [5, 5.41) is 5.60. The second kappa shape index (κ2) is 6.96. The Balaban J connectivity index is 1.53. The standard InChI is InChI=1S/C18H18N2O3/c21-17-16-9-5-4-8-15(16)14(10-19-17)11-20-18(22)23-12-13-6-2-1-3-7-13/h1-9,14H,10-12H2,(H,19,21)(H,20,22). The zero-order chi connectivity index (χ0) is 16.1. The van der Waals surface area contributed by atoms with Gasteiger partial charge in [-0.1, -0.05) is 48.5 Å². The van der Waals surface area contributed by atoms with E-state index in [1.165, 1.54) is 0 Å². The Morgan fingerprint density at radius 3 is 2.70 bits per heavy atom. The topological polar surface area (TPSA) is 67.4 Å². The Hall–Kier alpha value is -2.82. The van der Waals surface area contributed by atoms with Crippen molar-refractivity contribution in [2.24, 2.45) is 0 Å². The zero-order valence-corrected chi connectivity index (χ0v) is 12.6. The Morgan fingerprint density at radius 2 is 1.87 bits per heavy atom. The lowest BCUT2D eigenvalue weighted by molar-refractivity contribution is 0.0940. The van der Waals surface area contributed by atoms with Crippen LogP contribution in [0.4, 0.5) is 4.79 Å². The lowest BCUT2D eigenvalue weighted by Crippen LogP contribution is -2.40. The SMILES string of the molecule is O=C(NCC1CNC(=O)c2ccccc21)OCc1ccccc1. The summed E-state index contributed by atoms with van der Waals surface area (Å²) in [6.45, 7) is 1.17. The van der Waals surface area contributed by atoms with Crippen molar-refractivity contribution >= 4 is 12.0 Å². The molecule has 2 amide bonds. The summed E-state index contributed by atoms with van der Waals surface area (Å²) in [5.74, 6) is -0.0170. The minimum Gasteiger partial charge on any atom is -0.445 e. The van der Waals surface area contributed by atoms with Crippen LogP contribution in [0.3, 0.4) is 0 Å². The quantitative estimate of drug-likeness (QED) is 0.911. The number of rotatable bonds is 4. The fraction of sp³-hybridized carbons (Fsp3) is 0.222. The highest BCUT2D eigenvalue weighted by Gasteiger charge is 2.25. The smallest absolute Gasteiger partial charge is 0.407 e. The summed E-state index contributed by atoms with van der Waals surface area (Å²) in [7, 11) is 0. The zero-order valence-electron chi connectivity index (χ0n) is 12.6. The van der Waals surface area contributed by atoms with E-state index in [4.69, 9.17) is 4.74 Å². The molecule has 3 rings (SSSR count). The molecule has 23 heavy (non-hydrogen) atoms. The Kier molecular flexibility index (Phi) is 4.57. The maximum absolute atomic E-state index is 11.8. The van der Waals surface area contributed by atoms with Gasteiger partial charge >= 0.3 is 6.09 Å². The highest BCUT2D eigenvalue weighted by Crippen LogP contribution is 2.23. The predicted molar refractivity (Wildman–Crippen MR) is 86.1 cm³/mol. The monoisotopic (exact) mass is 310 g/mol. The first-order valence-electron chi connectivity index (χ1n) is 7.55. The van der Waals surface area contributed by atoms with Gasteiger partial charge in [0.15, 0.2) is 0 Å². The largest absolute Gasteiger partial charge is 0.445 e. The van der Waals surface area contributed by atoms with Crippen molar-refractivity contribution in [2.45, 2.75) is 12.5 Å². The molecule has 2 aromatic rings. The van der Waals surface area contributed by atoms with Gasteiger partial charge < -0.3 is 15.4 Å². The van der Waals surface area contributed by atoms with Crippen LogP contribution in [0, 0.1) is 0 Å². The number of alkyl carbamates (subject to hydrolysis) is 1. The second-order valence-electron chi connectivity index (χ2n) is 5.44. The van der Waals surface area contributed by atoms with Crippen LogP contribution in [-0.2, 0) is 11.3 Å². The van der Waals surface area contributed by atoms with Crippen molar-refractivity contribution in [3.05, 3.63) is 71.3 Å². The van der Waals surface area contributed by atoms with Crippen LogP contribution >= 0.6 is 0 Å². The van der Waals surface area contributed by atoms with Crippen molar-refractivity contribution in [3.8, 4) is 0 Å². The molecular weight excluding hydrogens is 292 g/mol. The summed E-state index contributed by atoms with van der Waals surface area (Å²) < 4.78 is 5.19. The number of hydrogen-bond acceptors (Lipinski definition) is 3. The average Bonchev–Trinajstić information content (AvgIpc) is 2.60. The fourth-order valence-electron chi connectivity index (χ4n) is 2.64. The summed E-state index contributed by atoms with van der Waals surface area (Å²) in [6.07, 6.45) is -0.455. The molecule has 0 radical (unpaired) electrons. The van der Waals surface area contributed by atoms with Gasteiger partial charge in [0.2, 0.25) is 0 Å². The van der Waals surface area contributed by atoms with Gasteiger partial charge in [0.1, 0.15) is 6.61 Å².